The Labute approximate surface area is 148 Å². The third kappa shape index (κ3) is 2.95. The zero-order chi connectivity index (χ0) is 19.4. The summed E-state index contributed by atoms with van der Waals surface area (Å²) in [4.78, 5) is 7.89. The summed E-state index contributed by atoms with van der Waals surface area (Å²) in [5, 5.41) is 0. The summed E-state index contributed by atoms with van der Waals surface area (Å²) in [6.45, 7) is 0.143. The first-order valence-electron chi connectivity index (χ1n) is 7.60. The Bertz CT molecular complexity index is 911. The fraction of sp³-hybridized carbons (Fsp3) is 0.692. The van der Waals surface area contributed by atoms with Gasteiger partial charge in [-0.3, -0.25) is 0 Å². The zero-order valence-corrected chi connectivity index (χ0v) is 15.2. The van der Waals surface area contributed by atoms with E-state index in [2.05, 4.69) is 9.97 Å². The highest BCUT2D eigenvalue weighted by Gasteiger charge is 2.67. The first-order chi connectivity index (χ1) is 11.9. The number of hydrogen-bond donors (Lipinski definition) is 0. The van der Waals surface area contributed by atoms with E-state index in [1.165, 1.54) is 6.20 Å². The molecule has 8 nitrogen and oxygen atoms in total. The lowest BCUT2D eigenvalue weighted by Crippen LogP contribution is -2.70. The standard InChI is InChI=1S/C13H16F3N3O5S2/c1-9-2-4-17-11(18-9)24-6-10-3-5-25(20,21)12(10)7-19(8-12)26(22,23)13(14,15)16/h2,4,10H,3,5-8H2,1H3. The van der Waals surface area contributed by atoms with Crippen LogP contribution in [0.5, 0.6) is 6.01 Å². The summed E-state index contributed by atoms with van der Waals surface area (Å²) >= 11 is 0. The van der Waals surface area contributed by atoms with E-state index < -0.39 is 49.1 Å². The number of alkyl halides is 3. The van der Waals surface area contributed by atoms with Crippen LogP contribution in [0.3, 0.4) is 0 Å². The van der Waals surface area contributed by atoms with Gasteiger partial charge >= 0.3 is 21.5 Å². The number of rotatable bonds is 4. The normalized spacial score (nSPS) is 25.2. The minimum atomic E-state index is -5.55. The predicted octanol–water partition coefficient (Wildman–Crippen LogP) is 0.503. The second-order valence-corrected chi connectivity index (χ2v) is 10.8. The molecule has 3 heterocycles. The van der Waals surface area contributed by atoms with Gasteiger partial charge in [-0.15, -0.1) is 0 Å². The molecule has 0 amide bonds. The van der Waals surface area contributed by atoms with Gasteiger partial charge in [-0.1, -0.05) is 0 Å². The maximum Gasteiger partial charge on any atom is 0.511 e. The highest BCUT2D eigenvalue weighted by atomic mass is 32.2. The van der Waals surface area contributed by atoms with Crippen LogP contribution in [-0.2, 0) is 19.9 Å². The van der Waals surface area contributed by atoms with Gasteiger partial charge in [0.25, 0.3) is 0 Å². The second kappa shape index (κ2) is 6.02. The van der Waals surface area contributed by atoms with E-state index in [0.717, 1.165) is 0 Å². The van der Waals surface area contributed by atoms with Crippen LogP contribution >= 0.6 is 0 Å². The van der Waals surface area contributed by atoms with Crippen LogP contribution in [0.1, 0.15) is 12.1 Å². The lowest BCUT2D eigenvalue weighted by molar-refractivity contribution is -0.0527. The van der Waals surface area contributed by atoms with E-state index in [9.17, 15) is 30.0 Å². The smallest absolute Gasteiger partial charge is 0.463 e. The molecule has 146 valence electrons. The number of halogens is 3. The second-order valence-electron chi connectivity index (χ2n) is 6.38. The summed E-state index contributed by atoms with van der Waals surface area (Å²) < 4.78 is 89.7. The molecule has 1 spiro atoms. The van der Waals surface area contributed by atoms with Gasteiger partial charge in [0.2, 0.25) is 0 Å². The molecule has 26 heavy (non-hydrogen) atoms. The molecule has 0 N–H and O–H groups in total. The van der Waals surface area contributed by atoms with Crippen molar-refractivity contribution >= 4 is 19.9 Å². The molecule has 0 bridgehead atoms. The molecular formula is C13H16F3N3O5S2. The number of nitrogens with zero attached hydrogens (tertiary/aromatic N) is 3. The minimum absolute atomic E-state index is 0.0311. The molecule has 0 radical (unpaired) electrons. The maximum atomic E-state index is 12.7. The van der Waals surface area contributed by atoms with Crippen molar-refractivity contribution in [1.29, 1.82) is 0 Å². The Morgan fingerprint density at radius 3 is 2.62 bits per heavy atom. The van der Waals surface area contributed by atoms with Crippen molar-refractivity contribution in [2.24, 2.45) is 5.92 Å². The fourth-order valence-electron chi connectivity index (χ4n) is 3.25. The van der Waals surface area contributed by atoms with Crippen molar-refractivity contribution in [1.82, 2.24) is 14.3 Å². The van der Waals surface area contributed by atoms with Crippen molar-refractivity contribution in [3.05, 3.63) is 18.0 Å². The topological polar surface area (TPSA) is 107 Å². The van der Waals surface area contributed by atoms with E-state index in [-0.39, 0.29) is 29.1 Å². The van der Waals surface area contributed by atoms with Crippen LogP contribution in [0, 0.1) is 12.8 Å². The van der Waals surface area contributed by atoms with Gasteiger partial charge in [-0.2, -0.15) is 17.5 Å². The van der Waals surface area contributed by atoms with Crippen molar-refractivity contribution in [2.75, 3.05) is 25.4 Å². The summed E-state index contributed by atoms with van der Waals surface area (Å²) in [5.74, 6) is -0.869. The molecule has 1 atom stereocenters. The number of ether oxygens (including phenoxy) is 1. The third-order valence-electron chi connectivity index (χ3n) is 4.81. The Hall–Kier alpha value is -1.47. The van der Waals surface area contributed by atoms with Crippen LogP contribution in [-0.4, -0.2) is 66.8 Å². The molecule has 2 saturated heterocycles. The maximum absolute atomic E-state index is 12.7. The Kier molecular flexibility index (Phi) is 4.47. The first-order valence-corrected chi connectivity index (χ1v) is 10.7. The highest BCUT2D eigenvalue weighted by Crippen LogP contribution is 2.47. The molecule has 1 aromatic rings. The van der Waals surface area contributed by atoms with Gasteiger partial charge in [0, 0.05) is 30.9 Å². The van der Waals surface area contributed by atoms with Crippen LogP contribution in [0.2, 0.25) is 0 Å². The van der Waals surface area contributed by atoms with E-state index in [0.29, 0.717) is 5.69 Å². The van der Waals surface area contributed by atoms with Gasteiger partial charge in [-0.25, -0.2) is 26.8 Å². The predicted molar refractivity (Wildman–Crippen MR) is 83.4 cm³/mol. The van der Waals surface area contributed by atoms with Crippen molar-refractivity contribution in [2.45, 2.75) is 23.6 Å². The lowest BCUT2D eigenvalue weighted by Gasteiger charge is -2.48. The molecule has 3 rings (SSSR count). The van der Waals surface area contributed by atoms with Crippen LogP contribution in [0.4, 0.5) is 13.2 Å². The number of aromatic nitrogens is 2. The Morgan fingerprint density at radius 1 is 1.38 bits per heavy atom. The lowest BCUT2D eigenvalue weighted by atomic mass is 9.85. The van der Waals surface area contributed by atoms with Gasteiger partial charge in [0.05, 0.1) is 12.4 Å². The molecule has 1 aromatic heterocycles. The largest absolute Gasteiger partial charge is 0.511 e. The van der Waals surface area contributed by atoms with Crippen molar-refractivity contribution in [3.8, 4) is 6.01 Å². The molecular weight excluding hydrogens is 399 g/mol. The van der Waals surface area contributed by atoms with E-state index in [1.807, 2.05) is 0 Å². The molecule has 2 aliphatic heterocycles. The molecule has 1 unspecified atom stereocenters. The number of sulfone groups is 1. The minimum Gasteiger partial charge on any atom is -0.463 e. The third-order valence-corrected chi connectivity index (χ3v) is 8.93. The first kappa shape index (κ1) is 19.3. The summed E-state index contributed by atoms with van der Waals surface area (Å²) in [6, 6.07) is 1.67. The average Bonchev–Trinajstić information content (AvgIpc) is 2.73. The van der Waals surface area contributed by atoms with Crippen molar-refractivity contribution in [3.63, 3.8) is 0 Å². The molecule has 13 heteroatoms. The average molecular weight is 415 g/mol. The summed E-state index contributed by atoms with van der Waals surface area (Å²) in [6.07, 6.45) is 1.63. The van der Waals surface area contributed by atoms with E-state index >= 15 is 0 Å². The number of hydrogen-bond acceptors (Lipinski definition) is 7. The van der Waals surface area contributed by atoms with E-state index in [4.69, 9.17) is 4.74 Å². The van der Waals surface area contributed by atoms with Gasteiger partial charge in [-0.05, 0) is 19.4 Å². The molecule has 2 fully saturated rings. The zero-order valence-electron chi connectivity index (χ0n) is 13.6. The van der Waals surface area contributed by atoms with Gasteiger partial charge in [0.1, 0.15) is 4.75 Å². The Balaban J connectivity index is 1.77. The Morgan fingerprint density at radius 2 is 2.04 bits per heavy atom. The molecule has 0 aliphatic carbocycles. The van der Waals surface area contributed by atoms with Crippen LogP contribution in [0.25, 0.3) is 0 Å². The number of aryl methyl sites for hydroxylation is 1. The van der Waals surface area contributed by atoms with Crippen LogP contribution in [0.15, 0.2) is 12.3 Å². The summed E-state index contributed by atoms with van der Waals surface area (Å²) in [7, 11) is -9.29. The number of sulfonamides is 1. The SMILES string of the molecule is Cc1ccnc(OCC2CCS(=O)(=O)C23CN(S(=O)(=O)C(F)(F)F)C3)n1. The molecule has 0 saturated carbocycles. The highest BCUT2D eigenvalue weighted by molar-refractivity contribution is 7.93. The van der Waals surface area contributed by atoms with E-state index in [1.54, 1.807) is 13.0 Å². The fourth-order valence-corrected chi connectivity index (χ4v) is 6.90. The van der Waals surface area contributed by atoms with Crippen LogP contribution < -0.4 is 4.74 Å². The van der Waals surface area contributed by atoms with Gasteiger partial charge < -0.3 is 4.74 Å². The monoisotopic (exact) mass is 415 g/mol. The summed E-state index contributed by atoms with van der Waals surface area (Å²) in [5.41, 5.74) is -4.83. The molecule has 0 aromatic carbocycles. The van der Waals surface area contributed by atoms with Gasteiger partial charge in [0.15, 0.2) is 9.84 Å². The van der Waals surface area contributed by atoms with Crippen molar-refractivity contribution < 1.29 is 34.7 Å². The quantitative estimate of drug-likeness (QED) is 0.705. The molecule has 2 aliphatic rings.